The number of carbonyl (C=O) groups is 2. The molecule has 0 fully saturated rings. The lowest BCUT2D eigenvalue weighted by Crippen LogP contribution is -2.36. The summed E-state index contributed by atoms with van der Waals surface area (Å²) in [7, 11) is 0. The predicted octanol–water partition coefficient (Wildman–Crippen LogP) is 0.718. The van der Waals surface area contributed by atoms with Gasteiger partial charge in [0.1, 0.15) is 6.54 Å². The minimum absolute atomic E-state index is 0.0953. The van der Waals surface area contributed by atoms with Crippen LogP contribution in [-0.2, 0) is 4.79 Å². The third-order valence-electron chi connectivity index (χ3n) is 2.13. The molecule has 0 atom stereocenters. The van der Waals surface area contributed by atoms with Crippen LogP contribution in [0.1, 0.15) is 15.9 Å². The summed E-state index contributed by atoms with van der Waals surface area (Å²) in [6.07, 6.45) is 5.09. The van der Waals surface area contributed by atoms with Crippen LogP contribution in [0.15, 0.2) is 24.3 Å². The zero-order valence-electron chi connectivity index (χ0n) is 9.46. The van der Waals surface area contributed by atoms with E-state index in [9.17, 15) is 9.59 Å². The van der Waals surface area contributed by atoms with Crippen LogP contribution < -0.4 is 0 Å². The van der Waals surface area contributed by atoms with Crippen molar-refractivity contribution >= 4 is 11.9 Å². The summed E-state index contributed by atoms with van der Waals surface area (Å²) in [4.78, 5) is 23.7. The molecule has 18 heavy (non-hydrogen) atoms. The van der Waals surface area contributed by atoms with E-state index in [2.05, 4.69) is 5.92 Å². The Balaban J connectivity index is 2.98. The molecule has 0 aromatic heterocycles. The third kappa shape index (κ3) is 3.36. The monoisotopic (exact) mass is 242 g/mol. The smallest absolute Gasteiger partial charge is 0.323 e. The van der Waals surface area contributed by atoms with E-state index in [-0.39, 0.29) is 12.1 Å². The van der Waals surface area contributed by atoms with E-state index in [1.165, 1.54) is 12.1 Å². The van der Waals surface area contributed by atoms with E-state index < -0.39 is 18.4 Å². The molecular weight excluding hydrogens is 232 g/mol. The summed E-state index contributed by atoms with van der Waals surface area (Å²) in [6, 6.07) is 7.92. The van der Waals surface area contributed by atoms with E-state index in [1.807, 2.05) is 6.07 Å². The highest BCUT2D eigenvalue weighted by Gasteiger charge is 2.17. The number of amides is 1. The van der Waals surface area contributed by atoms with Gasteiger partial charge in [-0.25, -0.2) is 0 Å². The Morgan fingerprint density at radius 2 is 2.17 bits per heavy atom. The largest absolute Gasteiger partial charge is 0.480 e. The molecule has 0 saturated carbocycles. The molecule has 0 saturated heterocycles. The molecule has 90 valence electrons. The minimum Gasteiger partial charge on any atom is -0.480 e. The number of hydrogen-bond acceptors (Lipinski definition) is 3. The number of hydrogen-bond donors (Lipinski definition) is 1. The van der Waals surface area contributed by atoms with Crippen LogP contribution in [0.5, 0.6) is 0 Å². The predicted molar refractivity (Wildman–Crippen MR) is 63.5 cm³/mol. The second kappa shape index (κ2) is 6.07. The maximum absolute atomic E-state index is 12.0. The molecule has 1 rings (SSSR count). The highest BCUT2D eigenvalue weighted by atomic mass is 16.4. The van der Waals surface area contributed by atoms with Gasteiger partial charge in [0.05, 0.1) is 18.2 Å². The Morgan fingerprint density at radius 1 is 1.44 bits per heavy atom. The van der Waals surface area contributed by atoms with E-state index in [4.69, 9.17) is 16.8 Å². The number of carbonyl (C=O) groups excluding carboxylic acids is 1. The van der Waals surface area contributed by atoms with Crippen molar-refractivity contribution in [2.45, 2.75) is 0 Å². The summed E-state index contributed by atoms with van der Waals surface area (Å²) in [5, 5.41) is 17.4. The standard InChI is InChI=1S/C13H10N2O3/c1-2-6-15(9-12(16)17)13(18)11-5-3-4-10(7-11)8-14/h1,3-5,7H,6,9H2,(H,16,17). The van der Waals surface area contributed by atoms with Crippen molar-refractivity contribution in [3.05, 3.63) is 35.4 Å². The lowest BCUT2D eigenvalue weighted by atomic mass is 10.1. The second-order valence-corrected chi connectivity index (χ2v) is 3.45. The van der Waals surface area contributed by atoms with Gasteiger partial charge in [-0.05, 0) is 18.2 Å². The van der Waals surface area contributed by atoms with Gasteiger partial charge >= 0.3 is 5.97 Å². The third-order valence-corrected chi connectivity index (χ3v) is 2.13. The molecule has 0 aliphatic carbocycles. The van der Waals surface area contributed by atoms with E-state index in [1.54, 1.807) is 12.1 Å². The fourth-order valence-electron chi connectivity index (χ4n) is 1.38. The maximum Gasteiger partial charge on any atom is 0.323 e. The molecule has 1 aromatic carbocycles. The summed E-state index contributed by atoms with van der Waals surface area (Å²) in [5.41, 5.74) is 0.572. The van der Waals surface area contributed by atoms with Crippen LogP contribution in [0.3, 0.4) is 0 Å². The number of carboxylic acid groups (broad SMARTS) is 1. The summed E-state index contributed by atoms with van der Waals surface area (Å²) in [6.45, 7) is -0.568. The van der Waals surface area contributed by atoms with Crippen molar-refractivity contribution in [1.29, 1.82) is 5.26 Å². The molecule has 0 unspecified atom stereocenters. The molecule has 0 spiro atoms. The number of nitrogens with zero attached hydrogens (tertiary/aromatic N) is 2. The van der Waals surface area contributed by atoms with Gasteiger partial charge in [0.25, 0.3) is 5.91 Å². The van der Waals surface area contributed by atoms with Crippen LogP contribution >= 0.6 is 0 Å². The summed E-state index contributed by atoms with van der Waals surface area (Å²) >= 11 is 0. The Morgan fingerprint density at radius 3 is 2.72 bits per heavy atom. The molecule has 1 N–H and O–H groups in total. The Bertz CT molecular complexity index is 552. The quantitative estimate of drug-likeness (QED) is 0.789. The molecule has 0 aliphatic heterocycles. The van der Waals surface area contributed by atoms with Crippen molar-refractivity contribution in [3.8, 4) is 18.4 Å². The van der Waals surface area contributed by atoms with Gasteiger partial charge < -0.3 is 10.0 Å². The molecule has 5 nitrogen and oxygen atoms in total. The van der Waals surface area contributed by atoms with Gasteiger partial charge in [-0.15, -0.1) is 6.42 Å². The molecule has 1 aromatic rings. The fraction of sp³-hybridized carbons (Fsp3) is 0.154. The highest BCUT2D eigenvalue weighted by molar-refractivity contribution is 5.96. The highest BCUT2D eigenvalue weighted by Crippen LogP contribution is 2.07. The Labute approximate surface area is 104 Å². The number of rotatable bonds is 4. The van der Waals surface area contributed by atoms with Gasteiger partial charge in [0.15, 0.2) is 0 Å². The van der Waals surface area contributed by atoms with Crippen LogP contribution in [0.4, 0.5) is 0 Å². The van der Waals surface area contributed by atoms with Gasteiger partial charge in [-0.2, -0.15) is 5.26 Å². The lowest BCUT2D eigenvalue weighted by Gasteiger charge is -2.17. The molecule has 0 bridgehead atoms. The number of carboxylic acids is 1. The van der Waals surface area contributed by atoms with Gasteiger partial charge in [-0.1, -0.05) is 12.0 Å². The fourth-order valence-corrected chi connectivity index (χ4v) is 1.38. The van der Waals surface area contributed by atoms with Crippen molar-refractivity contribution in [2.24, 2.45) is 0 Å². The van der Waals surface area contributed by atoms with Crippen LogP contribution in [0.25, 0.3) is 0 Å². The number of terminal acetylenes is 1. The number of benzene rings is 1. The van der Waals surface area contributed by atoms with E-state index in [0.717, 1.165) is 4.90 Å². The minimum atomic E-state index is -1.14. The molecule has 0 radical (unpaired) electrons. The number of aliphatic carboxylic acids is 1. The lowest BCUT2D eigenvalue weighted by molar-refractivity contribution is -0.137. The van der Waals surface area contributed by atoms with Crippen LogP contribution in [0.2, 0.25) is 0 Å². The van der Waals surface area contributed by atoms with Crippen molar-refractivity contribution < 1.29 is 14.7 Å². The molecule has 1 amide bonds. The Kier molecular flexibility index (Phi) is 4.48. The second-order valence-electron chi connectivity index (χ2n) is 3.45. The van der Waals surface area contributed by atoms with Gasteiger partial charge in [0, 0.05) is 5.56 Å². The normalized spacial score (nSPS) is 9.00. The zero-order valence-corrected chi connectivity index (χ0v) is 9.46. The average Bonchev–Trinajstić information content (AvgIpc) is 2.37. The van der Waals surface area contributed by atoms with Gasteiger partial charge in [0.2, 0.25) is 0 Å². The number of nitriles is 1. The zero-order chi connectivity index (χ0) is 13.5. The van der Waals surface area contributed by atoms with E-state index in [0.29, 0.717) is 5.56 Å². The van der Waals surface area contributed by atoms with E-state index >= 15 is 0 Å². The van der Waals surface area contributed by atoms with Gasteiger partial charge in [-0.3, -0.25) is 9.59 Å². The summed E-state index contributed by atoms with van der Waals surface area (Å²) < 4.78 is 0. The molecular formula is C13H10N2O3. The maximum atomic E-state index is 12.0. The van der Waals surface area contributed by atoms with Crippen LogP contribution in [0, 0.1) is 23.7 Å². The SMILES string of the molecule is C#CCN(CC(=O)O)C(=O)c1cccc(C#N)c1. The molecule has 5 heteroatoms. The van der Waals surface area contributed by atoms with Crippen molar-refractivity contribution in [2.75, 3.05) is 13.1 Å². The Hall–Kier alpha value is -2.79. The first-order chi connectivity index (χ1) is 8.58. The molecule has 0 heterocycles. The first-order valence-corrected chi connectivity index (χ1v) is 5.03. The summed E-state index contributed by atoms with van der Waals surface area (Å²) in [5.74, 6) is 0.579. The topological polar surface area (TPSA) is 81.4 Å². The van der Waals surface area contributed by atoms with Crippen molar-refractivity contribution in [1.82, 2.24) is 4.90 Å². The van der Waals surface area contributed by atoms with Crippen molar-refractivity contribution in [3.63, 3.8) is 0 Å². The first kappa shape index (κ1) is 13.3. The average molecular weight is 242 g/mol. The molecule has 0 aliphatic rings. The first-order valence-electron chi connectivity index (χ1n) is 5.03. The van der Waals surface area contributed by atoms with Crippen LogP contribution in [-0.4, -0.2) is 35.0 Å².